The number of hydrogen-bond donors (Lipinski definition) is 1. The van der Waals surface area contributed by atoms with Crippen LogP contribution in [0.25, 0.3) is 0 Å². The molecule has 2 aromatic rings. The molecule has 2 amide bonds. The van der Waals surface area contributed by atoms with E-state index in [4.69, 9.17) is 4.74 Å². The Morgan fingerprint density at radius 3 is 2.45 bits per heavy atom. The number of rotatable bonds is 9. The van der Waals surface area contributed by atoms with Crippen molar-refractivity contribution in [2.75, 3.05) is 11.9 Å². The van der Waals surface area contributed by atoms with Crippen LogP contribution in [0.2, 0.25) is 0 Å². The van der Waals surface area contributed by atoms with Gasteiger partial charge in [-0.2, -0.15) is 5.10 Å². The summed E-state index contributed by atoms with van der Waals surface area (Å²) in [5.74, 6) is 0.456. The average molecular weight is 457 g/mol. The fraction of sp³-hybridized carbons (Fsp3) is 0.577. The van der Waals surface area contributed by atoms with E-state index < -0.39 is 5.60 Å². The van der Waals surface area contributed by atoms with Crippen LogP contribution in [0, 0.1) is 19.8 Å². The summed E-state index contributed by atoms with van der Waals surface area (Å²) in [6, 6.07) is 7.58. The quantitative estimate of drug-likeness (QED) is 0.542. The molecule has 0 aliphatic carbocycles. The number of para-hydroxylation sites is 1. The fourth-order valence-electron chi connectivity index (χ4n) is 3.69. The summed E-state index contributed by atoms with van der Waals surface area (Å²) < 4.78 is 7.55. The molecule has 1 N–H and O–H groups in total. The Morgan fingerprint density at radius 2 is 1.85 bits per heavy atom. The van der Waals surface area contributed by atoms with Gasteiger partial charge in [-0.15, -0.1) is 0 Å². The first kappa shape index (κ1) is 26.4. The van der Waals surface area contributed by atoms with E-state index >= 15 is 0 Å². The van der Waals surface area contributed by atoms with Gasteiger partial charge in [-0.1, -0.05) is 32.0 Å². The number of aromatic nitrogens is 2. The molecule has 33 heavy (non-hydrogen) atoms. The van der Waals surface area contributed by atoms with Crippen molar-refractivity contribution >= 4 is 17.7 Å². The largest absolute Gasteiger partial charge is 0.444 e. The monoisotopic (exact) mass is 456 g/mol. The van der Waals surface area contributed by atoms with Gasteiger partial charge in [0, 0.05) is 30.9 Å². The van der Waals surface area contributed by atoms with E-state index in [1.54, 1.807) is 4.90 Å². The van der Waals surface area contributed by atoms with Gasteiger partial charge in [-0.05, 0) is 71.1 Å². The Labute approximate surface area is 198 Å². The zero-order valence-corrected chi connectivity index (χ0v) is 21.5. The van der Waals surface area contributed by atoms with Gasteiger partial charge in [0.2, 0.25) is 5.91 Å². The van der Waals surface area contributed by atoms with E-state index in [-0.39, 0.29) is 12.0 Å². The van der Waals surface area contributed by atoms with E-state index in [0.717, 1.165) is 29.1 Å². The number of benzene rings is 1. The summed E-state index contributed by atoms with van der Waals surface area (Å²) >= 11 is 0. The predicted molar refractivity (Wildman–Crippen MR) is 132 cm³/mol. The first-order valence-electron chi connectivity index (χ1n) is 11.8. The predicted octanol–water partition coefficient (Wildman–Crippen LogP) is 5.48. The molecule has 0 fully saturated rings. The van der Waals surface area contributed by atoms with Crippen molar-refractivity contribution in [3.05, 3.63) is 46.8 Å². The van der Waals surface area contributed by atoms with E-state index in [2.05, 4.69) is 31.2 Å². The lowest BCUT2D eigenvalue weighted by Crippen LogP contribution is -2.36. The lowest BCUT2D eigenvalue weighted by Gasteiger charge is -2.27. The molecule has 0 aliphatic rings. The smallest absolute Gasteiger partial charge is 0.410 e. The van der Waals surface area contributed by atoms with Gasteiger partial charge in [-0.25, -0.2) is 4.79 Å². The minimum absolute atomic E-state index is 0.0572. The molecule has 0 spiro atoms. The molecule has 0 bridgehead atoms. The van der Waals surface area contributed by atoms with Gasteiger partial charge < -0.3 is 15.0 Å². The highest BCUT2D eigenvalue weighted by Gasteiger charge is 2.22. The number of aryl methyl sites for hydroxylation is 1. The molecule has 0 saturated carbocycles. The Kier molecular flexibility index (Phi) is 9.08. The second-order valence-corrected chi connectivity index (χ2v) is 9.93. The molecular weight excluding hydrogens is 416 g/mol. The van der Waals surface area contributed by atoms with Crippen molar-refractivity contribution in [2.24, 2.45) is 5.92 Å². The van der Waals surface area contributed by atoms with Crippen LogP contribution in [0.15, 0.2) is 24.3 Å². The number of hydrogen-bond acceptors (Lipinski definition) is 4. The van der Waals surface area contributed by atoms with Gasteiger partial charge in [0.15, 0.2) is 0 Å². The Bertz CT molecular complexity index is 957. The van der Waals surface area contributed by atoms with E-state index in [0.29, 0.717) is 37.5 Å². The van der Waals surface area contributed by atoms with Crippen molar-refractivity contribution in [1.29, 1.82) is 0 Å². The molecule has 1 aromatic carbocycles. The maximum atomic E-state index is 12.8. The number of carbonyl (C=O) groups excluding carboxylic acids is 2. The molecule has 7 nitrogen and oxygen atoms in total. The zero-order valence-electron chi connectivity index (χ0n) is 21.5. The molecule has 0 aliphatic heterocycles. The second-order valence-electron chi connectivity index (χ2n) is 9.93. The minimum Gasteiger partial charge on any atom is -0.444 e. The van der Waals surface area contributed by atoms with Gasteiger partial charge in [0.1, 0.15) is 5.60 Å². The Hall–Kier alpha value is -2.83. The number of nitrogens with zero attached hydrogens (tertiary/aromatic N) is 3. The third kappa shape index (κ3) is 7.91. The van der Waals surface area contributed by atoms with Crippen molar-refractivity contribution in [1.82, 2.24) is 14.7 Å². The van der Waals surface area contributed by atoms with Crippen LogP contribution in [0.5, 0.6) is 0 Å². The van der Waals surface area contributed by atoms with Crippen LogP contribution >= 0.6 is 0 Å². The molecule has 182 valence electrons. The molecule has 2 rings (SSSR count). The van der Waals surface area contributed by atoms with Crippen LogP contribution in [0.4, 0.5) is 10.5 Å². The summed E-state index contributed by atoms with van der Waals surface area (Å²) in [7, 11) is 0. The first-order chi connectivity index (χ1) is 15.4. The average Bonchev–Trinajstić information content (AvgIpc) is 2.96. The van der Waals surface area contributed by atoms with Gasteiger partial charge >= 0.3 is 6.09 Å². The molecule has 0 unspecified atom stereocenters. The summed E-state index contributed by atoms with van der Waals surface area (Å²) in [5, 5.41) is 7.68. The summed E-state index contributed by atoms with van der Waals surface area (Å²) in [6.07, 6.45) is 0.644. The van der Waals surface area contributed by atoms with Crippen molar-refractivity contribution < 1.29 is 14.3 Å². The second kappa shape index (κ2) is 11.3. The molecule has 0 atom stereocenters. The van der Waals surface area contributed by atoms with Gasteiger partial charge in [-0.3, -0.25) is 9.48 Å². The topological polar surface area (TPSA) is 76.5 Å². The van der Waals surface area contributed by atoms with Crippen LogP contribution < -0.4 is 5.32 Å². The molecule has 1 heterocycles. The lowest BCUT2D eigenvalue weighted by molar-refractivity contribution is -0.116. The maximum Gasteiger partial charge on any atom is 0.410 e. The highest BCUT2D eigenvalue weighted by atomic mass is 16.6. The molecular formula is C26H40N4O3. The van der Waals surface area contributed by atoms with Crippen molar-refractivity contribution in [2.45, 2.75) is 86.9 Å². The van der Waals surface area contributed by atoms with Gasteiger partial charge in [0.25, 0.3) is 0 Å². The van der Waals surface area contributed by atoms with Crippen LogP contribution in [-0.2, 0) is 29.0 Å². The number of anilines is 1. The lowest BCUT2D eigenvalue weighted by atomic mass is 10.1. The number of nitrogens with one attached hydrogen (secondary N) is 1. The third-order valence-corrected chi connectivity index (χ3v) is 5.36. The summed E-state index contributed by atoms with van der Waals surface area (Å²) in [4.78, 5) is 26.9. The van der Waals surface area contributed by atoms with Crippen LogP contribution in [-0.4, -0.2) is 38.8 Å². The van der Waals surface area contributed by atoms with E-state index in [1.165, 1.54) is 0 Å². The Morgan fingerprint density at radius 1 is 1.18 bits per heavy atom. The molecule has 1 aromatic heterocycles. The normalized spacial score (nSPS) is 11.5. The standard InChI is InChI=1S/C26H40N4O3/c1-9-29(25(32)33-26(6,7)8)17-21-12-10-11-13-23(21)27-24(31)15-14-22-19(4)28-30(20(22)5)16-18(2)3/h10-13,18H,9,14-17H2,1-8H3,(H,27,31). The maximum absolute atomic E-state index is 12.8. The number of ether oxygens (including phenoxy) is 1. The van der Waals surface area contributed by atoms with E-state index in [9.17, 15) is 9.59 Å². The van der Waals surface area contributed by atoms with Crippen LogP contribution in [0.3, 0.4) is 0 Å². The summed E-state index contributed by atoms with van der Waals surface area (Å²) in [6.45, 7) is 17.6. The Balaban J connectivity index is 2.05. The third-order valence-electron chi connectivity index (χ3n) is 5.36. The fourth-order valence-corrected chi connectivity index (χ4v) is 3.69. The molecule has 0 radical (unpaired) electrons. The number of carbonyl (C=O) groups is 2. The summed E-state index contributed by atoms with van der Waals surface area (Å²) in [5.41, 5.74) is 4.28. The van der Waals surface area contributed by atoms with Crippen LogP contribution in [0.1, 0.15) is 70.5 Å². The van der Waals surface area contributed by atoms with Crippen molar-refractivity contribution in [3.63, 3.8) is 0 Å². The molecule has 7 heteroatoms. The minimum atomic E-state index is -0.558. The van der Waals surface area contributed by atoms with Gasteiger partial charge in [0.05, 0.1) is 12.2 Å². The number of amides is 2. The van der Waals surface area contributed by atoms with Crippen molar-refractivity contribution in [3.8, 4) is 0 Å². The highest BCUT2D eigenvalue weighted by Crippen LogP contribution is 2.21. The first-order valence-corrected chi connectivity index (χ1v) is 11.8. The SMILES string of the molecule is CCN(Cc1ccccc1NC(=O)CCc1c(C)nn(CC(C)C)c1C)C(=O)OC(C)(C)C. The highest BCUT2D eigenvalue weighted by molar-refractivity contribution is 5.91. The zero-order chi connectivity index (χ0) is 24.8. The van der Waals surface area contributed by atoms with E-state index in [1.807, 2.05) is 63.6 Å². The molecule has 0 saturated heterocycles.